The number of fused-ring (bicyclic) bond motifs is 2. The smallest absolute Gasteiger partial charge is 0.308 e. The molecule has 86 valence electrons. The molecule has 2 N–H and O–H groups in total. The molecule has 2 aliphatic rings. The van der Waals surface area contributed by atoms with Crippen molar-refractivity contribution in [3.8, 4) is 0 Å². The second kappa shape index (κ2) is 3.47. The number of aliphatic carboxylic acids is 2. The summed E-state index contributed by atoms with van der Waals surface area (Å²) in [5.74, 6) is -3.77. The van der Waals surface area contributed by atoms with Crippen LogP contribution >= 0.6 is 0 Å². The van der Waals surface area contributed by atoms with E-state index in [0.717, 1.165) is 0 Å². The molecule has 2 bridgehead atoms. The van der Waals surface area contributed by atoms with Crippen LogP contribution in [-0.2, 0) is 9.59 Å². The van der Waals surface area contributed by atoms with E-state index in [-0.39, 0.29) is 5.92 Å². The molecule has 0 aromatic rings. The van der Waals surface area contributed by atoms with Crippen molar-refractivity contribution in [2.45, 2.75) is 12.8 Å². The molecule has 2 rings (SSSR count). The molecule has 0 aromatic heterocycles. The Morgan fingerprint density at radius 3 is 2.62 bits per heavy atom. The lowest BCUT2D eigenvalue weighted by atomic mass is 9.71. The maximum absolute atomic E-state index is 11.3. The number of hydrogen-bond acceptors (Lipinski definition) is 2. The molecule has 4 atom stereocenters. The summed E-state index contributed by atoms with van der Waals surface area (Å²) in [4.78, 5) is 22.4. The largest absolute Gasteiger partial charge is 0.481 e. The van der Waals surface area contributed by atoms with Gasteiger partial charge in [0.05, 0.1) is 11.8 Å². The molecule has 0 radical (unpaired) electrons. The molecule has 4 nitrogen and oxygen atoms in total. The van der Waals surface area contributed by atoms with Crippen molar-refractivity contribution in [1.82, 2.24) is 0 Å². The van der Waals surface area contributed by atoms with Gasteiger partial charge in [0.25, 0.3) is 0 Å². The summed E-state index contributed by atoms with van der Waals surface area (Å²) in [6.07, 6.45) is 6.54. The zero-order chi connectivity index (χ0) is 11.9. The first-order valence-corrected chi connectivity index (χ1v) is 5.28. The molecule has 4 heteroatoms. The summed E-state index contributed by atoms with van der Waals surface area (Å²) in [5.41, 5.74) is -0.526. The first-order valence-electron chi connectivity index (χ1n) is 5.28. The van der Waals surface area contributed by atoms with Crippen molar-refractivity contribution in [2.75, 3.05) is 0 Å². The van der Waals surface area contributed by atoms with E-state index >= 15 is 0 Å². The van der Waals surface area contributed by atoms with Crippen molar-refractivity contribution < 1.29 is 19.8 Å². The Morgan fingerprint density at radius 2 is 2.12 bits per heavy atom. The average molecular weight is 222 g/mol. The van der Waals surface area contributed by atoms with Gasteiger partial charge >= 0.3 is 11.9 Å². The van der Waals surface area contributed by atoms with Gasteiger partial charge in [-0.2, -0.15) is 0 Å². The van der Waals surface area contributed by atoms with Gasteiger partial charge in [-0.25, -0.2) is 0 Å². The summed E-state index contributed by atoms with van der Waals surface area (Å²) >= 11 is 0. The third kappa shape index (κ3) is 1.29. The molecule has 0 heterocycles. The fraction of sp³-hybridized carbons (Fsp3) is 0.500. The fourth-order valence-electron chi connectivity index (χ4n) is 3.24. The highest BCUT2D eigenvalue weighted by molar-refractivity contribution is 5.83. The van der Waals surface area contributed by atoms with Crippen molar-refractivity contribution in [2.24, 2.45) is 23.2 Å². The molecule has 0 saturated heterocycles. The molecule has 2 aliphatic carbocycles. The molecule has 1 saturated carbocycles. The number of carboxylic acid groups (broad SMARTS) is 2. The molecule has 4 unspecified atom stereocenters. The van der Waals surface area contributed by atoms with Crippen LogP contribution in [0, 0.1) is 23.2 Å². The lowest BCUT2D eigenvalue weighted by Gasteiger charge is -2.30. The lowest BCUT2D eigenvalue weighted by Crippen LogP contribution is -2.38. The summed E-state index contributed by atoms with van der Waals surface area (Å²) in [6.45, 7) is 3.63. The van der Waals surface area contributed by atoms with E-state index in [1.807, 2.05) is 12.2 Å². The number of rotatable bonds is 4. The monoisotopic (exact) mass is 222 g/mol. The van der Waals surface area contributed by atoms with Crippen LogP contribution in [0.1, 0.15) is 12.8 Å². The molecule has 0 aromatic carbocycles. The minimum absolute atomic E-state index is 0.140. The van der Waals surface area contributed by atoms with Gasteiger partial charge in [0.1, 0.15) is 0 Å². The van der Waals surface area contributed by atoms with E-state index in [1.165, 1.54) is 0 Å². The summed E-state index contributed by atoms with van der Waals surface area (Å²) < 4.78 is 0. The lowest BCUT2D eigenvalue weighted by molar-refractivity contribution is -0.156. The molecule has 16 heavy (non-hydrogen) atoms. The van der Waals surface area contributed by atoms with Gasteiger partial charge in [-0.15, -0.1) is 6.58 Å². The third-order valence-corrected chi connectivity index (χ3v) is 3.81. The maximum atomic E-state index is 11.3. The molecule has 1 fully saturated rings. The zero-order valence-electron chi connectivity index (χ0n) is 8.80. The van der Waals surface area contributed by atoms with E-state index in [9.17, 15) is 14.7 Å². The molecule has 0 spiro atoms. The van der Waals surface area contributed by atoms with E-state index in [2.05, 4.69) is 6.58 Å². The maximum Gasteiger partial charge on any atom is 0.308 e. The van der Waals surface area contributed by atoms with Crippen LogP contribution in [0.4, 0.5) is 0 Å². The highest BCUT2D eigenvalue weighted by Gasteiger charge is 2.59. The predicted octanol–water partition coefficient (Wildman–Crippen LogP) is 1.54. The predicted molar refractivity (Wildman–Crippen MR) is 56.7 cm³/mol. The fourth-order valence-corrected chi connectivity index (χ4v) is 3.24. The zero-order valence-corrected chi connectivity index (χ0v) is 8.80. The highest BCUT2D eigenvalue weighted by atomic mass is 16.4. The highest BCUT2D eigenvalue weighted by Crippen LogP contribution is 2.58. The summed E-state index contributed by atoms with van der Waals surface area (Å²) in [5, 5.41) is 18.3. The number of carbonyl (C=O) groups is 2. The van der Waals surface area contributed by atoms with E-state index in [1.54, 1.807) is 6.08 Å². The van der Waals surface area contributed by atoms with Crippen LogP contribution in [-0.4, -0.2) is 22.2 Å². The Balaban J connectivity index is 2.41. The summed E-state index contributed by atoms with van der Waals surface area (Å²) in [7, 11) is 0. The third-order valence-electron chi connectivity index (χ3n) is 3.81. The van der Waals surface area contributed by atoms with Crippen molar-refractivity contribution >= 4 is 11.9 Å². The molecule has 0 amide bonds. The second-order valence-electron chi connectivity index (χ2n) is 4.63. The Kier molecular flexibility index (Phi) is 2.37. The van der Waals surface area contributed by atoms with E-state index < -0.39 is 29.2 Å². The molecule has 0 aliphatic heterocycles. The van der Waals surface area contributed by atoms with Crippen LogP contribution in [0.25, 0.3) is 0 Å². The van der Waals surface area contributed by atoms with Crippen LogP contribution in [0.3, 0.4) is 0 Å². The van der Waals surface area contributed by atoms with Crippen molar-refractivity contribution in [3.05, 3.63) is 24.8 Å². The first kappa shape index (κ1) is 10.9. The van der Waals surface area contributed by atoms with Gasteiger partial charge in [0, 0.05) is 5.41 Å². The first-order chi connectivity index (χ1) is 7.52. The Morgan fingerprint density at radius 1 is 1.44 bits per heavy atom. The van der Waals surface area contributed by atoms with Crippen LogP contribution in [0.2, 0.25) is 0 Å². The number of allylic oxidation sites excluding steroid dienone is 3. The molecular weight excluding hydrogens is 208 g/mol. The number of carboxylic acids is 2. The summed E-state index contributed by atoms with van der Waals surface area (Å²) in [6, 6.07) is 0. The number of hydrogen-bond donors (Lipinski definition) is 2. The van der Waals surface area contributed by atoms with Gasteiger partial charge in [0.15, 0.2) is 0 Å². The topological polar surface area (TPSA) is 74.6 Å². The Labute approximate surface area is 93.3 Å². The standard InChI is InChI=1S/C12H14O4/c1-2-4-12-5-3-7(6-12)8(10(13)14)9(12)11(15)16/h2-3,5,7-9H,1,4,6H2,(H,13,14)(H,15,16). The second-order valence-corrected chi connectivity index (χ2v) is 4.63. The van der Waals surface area contributed by atoms with Crippen LogP contribution in [0.5, 0.6) is 0 Å². The Hall–Kier alpha value is -1.58. The minimum atomic E-state index is -1.01. The van der Waals surface area contributed by atoms with Crippen molar-refractivity contribution in [3.63, 3.8) is 0 Å². The van der Waals surface area contributed by atoms with Gasteiger partial charge in [-0.3, -0.25) is 9.59 Å². The van der Waals surface area contributed by atoms with Crippen molar-refractivity contribution in [1.29, 1.82) is 0 Å². The minimum Gasteiger partial charge on any atom is -0.481 e. The average Bonchev–Trinajstić information content (AvgIpc) is 2.72. The van der Waals surface area contributed by atoms with Gasteiger partial charge in [-0.1, -0.05) is 18.2 Å². The normalized spacial score (nSPS) is 39.9. The van der Waals surface area contributed by atoms with Crippen LogP contribution < -0.4 is 0 Å². The van der Waals surface area contributed by atoms with E-state index in [0.29, 0.717) is 12.8 Å². The molecular formula is C12H14O4. The SMILES string of the molecule is C=CCC12C=CC(C1)C(C(=O)O)C2C(=O)O. The van der Waals surface area contributed by atoms with E-state index in [4.69, 9.17) is 5.11 Å². The van der Waals surface area contributed by atoms with Gasteiger partial charge in [-0.05, 0) is 18.8 Å². The quantitative estimate of drug-likeness (QED) is 0.707. The van der Waals surface area contributed by atoms with Crippen LogP contribution in [0.15, 0.2) is 24.8 Å². The van der Waals surface area contributed by atoms with Gasteiger partial charge < -0.3 is 10.2 Å². The van der Waals surface area contributed by atoms with Gasteiger partial charge in [0.2, 0.25) is 0 Å². The Bertz CT molecular complexity index is 384.